The van der Waals surface area contributed by atoms with E-state index in [0.717, 1.165) is 30.8 Å². The van der Waals surface area contributed by atoms with E-state index in [2.05, 4.69) is 45.1 Å². The monoisotopic (exact) mass is 429 g/mol. The molecule has 0 amide bonds. The lowest BCUT2D eigenvalue weighted by Crippen LogP contribution is -2.16. The van der Waals surface area contributed by atoms with E-state index in [0.29, 0.717) is 17.3 Å². The van der Waals surface area contributed by atoms with E-state index in [1.54, 1.807) is 11.8 Å². The van der Waals surface area contributed by atoms with Crippen LogP contribution in [-0.2, 0) is 19.6 Å². The van der Waals surface area contributed by atoms with Crippen molar-refractivity contribution in [2.45, 2.75) is 26.5 Å². The van der Waals surface area contributed by atoms with Crippen molar-refractivity contribution >= 4 is 0 Å². The molecule has 3 aromatic carbocycles. The van der Waals surface area contributed by atoms with Gasteiger partial charge >= 0.3 is 0 Å². The lowest BCUT2D eigenvalue weighted by molar-refractivity contribution is 0.273. The summed E-state index contributed by atoms with van der Waals surface area (Å²) >= 11 is 0. The molecule has 1 aromatic heterocycles. The van der Waals surface area contributed by atoms with Gasteiger partial charge < -0.3 is 14.8 Å². The van der Waals surface area contributed by atoms with Gasteiger partial charge in [0.2, 0.25) is 0 Å². The summed E-state index contributed by atoms with van der Waals surface area (Å²) < 4.78 is 13.2. The van der Waals surface area contributed by atoms with Gasteiger partial charge in [-0.2, -0.15) is 4.68 Å². The third-order valence-corrected chi connectivity index (χ3v) is 5.16. The minimum Gasteiger partial charge on any atom is -0.493 e. The molecule has 0 aliphatic heterocycles. The van der Waals surface area contributed by atoms with E-state index in [9.17, 15) is 0 Å². The van der Waals surface area contributed by atoms with Gasteiger partial charge in [0.1, 0.15) is 0 Å². The Morgan fingerprint density at radius 2 is 1.72 bits per heavy atom. The number of methoxy groups -OCH3 is 1. The van der Waals surface area contributed by atoms with Gasteiger partial charge in [-0.25, -0.2) is 0 Å². The van der Waals surface area contributed by atoms with Gasteiger partial charge in [-0.15, -0.1) is 5.10 Å². The number of aryl methyl sites for hydroxylation is 1. The molecule has 1 N–H and O–H groups in total. The van der Waals surface area contributed by atoms with Crippen LogP contribution in [0.4, 0.5) is 0 Å². The average molecular weight is 430 g/mol. The van der Waals surface area contributed by atoms with E-state index in [1.165, 1.54) is 11.1 Å². The smallest absolute Gasteiger partial charge is 0.194 e. The minimum atomic E-state index is 0.228. The van der Waals surface area contributed by atoms with Crippen LogP contribution in [0.5, 0.6) is 11.5 Å². The number of nitrogens with zero attached hydrogens (tertiary/aromatic N) is 4. The highest BCUT2D eigenvalue weighted by molar-refractivity contribution is 5.43. The Kier molecular flexibility index (Phi) is 7.09. The molecule has 0 aliphatic carbocycles. The number of aromatic nitrogens is 4. The van der Waals surface area contributed by atoms with Gasteiger partial charge in [0.25, 0.3) is 0 Å². The van der Waals surface area contributed by atoms with Crippen molar-refractivity contribution in [1.82, 2.24) is 25.5 Å². The van der Waals surface area contributed by atoms with E-state index < -0.39 is 0 Å². The predicted octanol–water partition coefficient (Wildman–Crippen LogP) is 3.89. The highest BCUT2D eigenvalue weighted by atomic mass is 16.5. The SMILES string of the molecule is COc1cc(CNCCc2ccccc2)ccc1OCc1nnnn1-c1ccc(C)cc1. The first kappa shape index (κ1) is 21.5. The summed E-state index contributed by atoms with van der Waals surface area (Å²) in [6.07, 6.45) is 0.995. The molecule has 7 nitrogen and oxygen atoms in total. The third kappa shape index (κ3) is 5.50. The van der Waals surface area contributed by atoms with Crippen LogP contribution in [0.1, 0.15) is 22.5 Å². The number of hydrogen-bond donors (Lipinski definition) is 1. The van der Waals surface area contributed by atoms with Crippen molar-refractivity contribution in [1.29, 1.82) is 0 Å². The molecule has 0 spiro atoms. The van der Waals surface area contributed by atoms with Gasteiger partial charge in [-0.3, -0.25) is 0 Å². The Bertz CT molecular complexity index is 1130. The molecule has 0 saturated carbocycles. The average Bonchev–Trinajstić information content (AvgIpc) is 3.30. The molecular formula is C25H27N5O2. The maximum atomic E-state index is 5.99. The van der Waals surface area contributed by atoms with Crippen molar-refractivity contribution in [2.24, 2.45) is 0 Å². The molecule has 4 aromatic rings. The van der Waals surface area contributed by atoms with E-state index in [1.807, 2.05) is 55.5 Å². The fraction of sp³-hybridized carbons (Fsp3) is 0.240. The standard InChI is InChI=1S/C25H27N5O2/c1-19-8-11-22(12-9-19)30-25(27-28-29-30)18-32-23-13-10-21(16-24(23)31-2)17-26-15-14-20-6-4-3-5-7-20/h3-13,16,26H,14-15,17-18H2,1-2H3. The third-order valence-electron chi connectivity index (χ3n) is 5.16. The second-order valence-electron chi connectivity index (χ2n) is 7.53. The van der Waals surface area contributed by atoms with Gasteiger partial charge in [0, 0.05) is 6.54 Å². The second-order valence-corrected chi connectivity index (χ2v) is 7.53. The molecule has 0 unspecified atom stereocenters. The molecule has 0 bridgehead atoms. The topological polar surface area (TPSA) is 74.1 Å². The summed E-state index contributed by atoms with van der Waals surface area (Å²) in [4.78, 5) is 0. The predicted molar refractivity (Wildman–Crippen MR) is 123 cm³/mol. The number of rotatable bonds is 10. The summed E-state index contributed by atoms with van der Waals surface area (Å²) in [5.74, 6) is 1.95. The van der Waals surface area contributed by atoms with Crippen LogP contribution in [0.3, 0.4) is 0 Å². The molecule has 32 heavy (non-hydrogen) atoms. The van der Waals surface area contributed by atoms with Crippen LogP contribution >= 0.6 is 0 Å². The molecule has 0 atom stereocenters. The number of hydrogen-bond acceptors (Lipinski definition) is 6. The highest BCUT2D eigenvalue weighted by Gasteiger charge is 2.12. The summed E-state index contributed by atoms with van der Waals surface area (Å²) in [7, 11) is 1.64. The quantitative estimate of drug-likeness (QED) is 0.386. The van der Waals surface area contributed by atoms with Crippen molar-refractivity contribution in [3.63, 3.8) is 0 Å². The van der Waals surface area contributed by atoms with E-state index in [-0.39, 0.29) is 6.61 Å². The Balaban J connectivity index is 1.34. The highest BCUT2D eigenvalue weighted by Crippen LogP contribution is 2.29. The number of benzene rings is 3. The molecule has 1 heterocycles. The summed E-state index contributed by atoms with van der Waals surface area (Å²) in [5.41, 5.74) is 4.53. The molecule has 0 fully saturated rings. The van der Waals surface area contributed by atoms with Crippen LogP contribution in [0.25, 0.3) is 5.69 Å². The lowest BCUT2D eigenvalue weighted by atomic mass is 10.1. The fourth-order valence-electron chi connectivity index (χ4n) is 3.38. The summed E-state index contributed by atoms with van der Waals surface area (Å²) in [6, 6.07) is 24.4. The molecule has 0 radical (unpaired) electrons. The van der Waals surface area contributed by atoms with Crippen molar-refractivity contribution in [3.8, 4) is 17.2 Å². The largest absolute Gasteiger partial charge is 0.493 e. The fourth-order valence-corrected chi connectivity index (χ4v) is 3.38. The first-order valence-corrected chi connectivity index (χ1v) is 10.6. The number of ether oxygens (including phenoxy) is 2. The zero-order valence-corrected chi connectivity index (χ0v) is 18.4. The Labute approximate surface area is 188 Å². The zero-order valence-electron chi connectivity index (χ0n) is 18.4. The van der Waals surface area contributed by atoms with Gasteiger partial charge in [-0.1, -0.05) is 54.1 Å². The normalized spacial score (nSPS) is 10.8. The second kappa shape index (κ2) is 10.5. The van der Waals surface area contributed by atoms with Crippen molar-refractivity contribution in [2.75, 3.05) is 13.7 Å². The summed E-state index contributed by atoms with van der Waals surface area (Å²) in [6.45, 7) is 3.94. The van der Waals surface area contributed by atoms with Crippen LogP contribution in [0.2, 0.25) is 0 Å². The first-order valence-electron chi connectivity index (χ1n) is 10.6. The Morgan fingerprint density at radius 1 is 0.906 bits per heavy atom. The molecule has 7 heteroatoms. The molecule has 0 saturated heterocycles. The molecule has 0 aliphatic rings. The molecular weight excluding hydrogens is 402 g/mol. The van der Waals surface area contributed by atoms with Crippen LogP contribution < -0.4 is 14.8 Å². The van der Waals surface area contributed by atoms with Gasteiger partial charge in [0.15, 0.2) is 23.9 Å². The van der Waals surface area contributed by atoms with Crippen LogP contribution in [0.15, 0.2) is 72.8 Å². The zero-order chi connectivity index (χ0) is 22.2. The number of nitrogens with one attached hydrogen (secondary N) is 1. The molecule has 164 valence electrons. The maximum absolute atomic E-state index is 5.99. The Hall–Kier alpha value is -3.71. The van der Waals surface area contributed by atoms with Crippen LogP contribution in [-0.4, -0.2) is 33.9 Å². The first-order chi connectivity index (χ1) is 15.7. The van der Waals surface area contributed by atoms with Crippen molar-refractivity contribution < 1.29 is 9.47 Å². The minimum absolute atomic E-state index is 0.228. The van der Waals surface area contributed by atoms with Crippen LogP contribution in [0, 0.1) is 6.92 Å². The van der Waals surface area contributed by atoms with E-state index in [4.69, 9.17) is 9.47 Å². The van der Waals surface area contributed by atoms with Crippen molar-refractivity contribution in [3.05, 3.63) is 95.3 Å². The summed E-state index contributed by atoms with van der Waals surface area (Å²) in [5, 5.41) is 15.5. The molecule has 4 rings (SSSR count). The Morgan fingerprint density at radius 3 is 2.50 bits per heavy atom. The van der Waals surface area contributed by atoms with Gasteiger partial charge in [-0.05, 0) is 65.7 Å². The van der Waals surface area contributed by atoms with E-state index >= 15 is 0 Å². The van der Waals surface area contributed by atoms with Gasteiger partial charge in [0.05, 0.1) is 12.8 Å². The lowest BCUT2D eigenvalue weighted by Gasteiger charge is -2.13. The number of tetrazole rings is 1. The maximum Gasteiger partial charge on any atom is 0.194 e.